The summed E-state index contributed by atoms with van der Waals surface area (Å²) in [5.41, 5.74) is 6.75. The third kappa shape index (κ3) is 2.46. The molecule has 0 bridgehead atoms. The number of hydrogen-bond acceptors (Lipinski definition) is 2. The van der Waals surface area contributed by atoms with Crippen molar-refractivity contribution in [2.24, 2.45) is 5.73 Å². The number of urea groups is 1. The Kier molecular flexibility index (Phi) is 2.94. The Hall–Kier alpha value is -2.04. The molecule has 1 aromatic rings. The van der Waals surface area contributed by atoms with Crippen LogP contribution in [0, 0.1) is 13.8 Å². The highest BCUT2D eigenvalue weighted by Gasteiger charge is 2.14. The van der Waals surface area contributed by atoms with Gasteiger partial charge in [-0.05, 0) is 31.0 Å². The number of anilines is 1. The van der Waals surface area contributed by atoms with Crippen molar-refractivity contribution in [3.05, 3.63) is 28.8 Å². The standard InChI is InChI=1S/C10H12N2O3/c1-5-3-6(2)8(12-10(11)15)7(4-5)9(13)14/h3-4H,1-2H3,(H,13,14)(H3,11,12,15). The summed E-state index contributed by atoms with van der Waals surface area (Å²) in [6.45, 7) is 3.50. The molecule has 5 nitrogen and oxygen atoms in total. The van der Waals surface area contributed by atoms with Gasteiger partial charge in [-0.15, -0.1) is 0 Å². The lowest BCUT2D eigenvalue weighted by Gasteiger charge is -2.10. The molecule has 15 heavy (non-hydrogen) atoms. The van der Waals surface area contributed by atoms with Crippen molar-refractivity contribution in [1.29, 1.82) is 0 Å². The van der Waals surface area contributed by atoms with Crippen LogP contribution in [0.3, 0.4) is 0 Å². The molecule has 0 unspecified atom stereocenters. The summed E-state index contributed by atoms with van der Waals surface area (Å²) < 4.78 is 0. The van der Waals surface area contributed by atoms with Crippen molar-refractivity contribution in [3.8, 4) is 0 Å². The van der Waals surface area contributed by atoms with Gasteiger partial charge >= 0.3 is 12.0 Å². The Morgan fingerprint density at radius 2 is 1.93 bits per heavy atom. The molecule has 1 rings (SSSR count). The maximum Gasteiger partial charge on any atom is 0.337 e. The lowest BCUT2D eigenvalue weighted by atomic mass is 10.0. The van der Waals surface area contributed by atoms with E-state index in [1.807, 2.05) is 0 Å². The number of nitrogens with two attached hydrogens (primary N) is 1. The van der Waals surface area contributed by atoms with E-state index in [0.29, 0.717) is 5.56 Å². The molecule has 0 atom stereocenters. The number of carboxylic acids is 1. The number of primary amides is 1. The third-order valence-electron chi connectivity index (χ3n) is 1.96. The lowest BCUT2D eigenvalue weighted by Crippen LogP contribution is -2.21. The summed E-state index contributed by atoms with van der Waals surface area (Å²) in [4.78, 5) is 21.6. The summed E-state index contributed by atoms with van der Waals surface area (Å²) in [5.74, 6) is -1.09. The van der Waals surface area contributed by atoms with Gasteiger partial charge in [0.2, 0.25) is 0 Å². The molecular weight excluding hydrogens is 196 g/mol. The molecule has 0 saturated heterocycles. The number of carbonyl (C=O) groups is 2. The van der Waals surface area contributed by atoms with Gasteiger partial charge in [-0.25, -0.2) is 9.59 Å². The van der Waals surface area contributed by atoms with Gasteiger partial charge in [0.25, 0.3) is 0 Å². The Balaban J connectivity index is 3.33. The molecule has 0 fully saturated rings. The Bertz CT molecular complexity index is 427. The molecular formula is C10H12N2O3. The average Bonchev–Trinajstić information content (AvgIpc) is 2.08. The monoisotopic (exact) mass is 208 g/mol. The van der Waals surface area contributed by atoms with E-state index in [1.54, 1.807) is 19.9 Å². The minimum Gasteiger partial charge on any atom is -0.478 e. The molecule has 1 aromatic carbocycles. The van der Waals surface area contributed by atoms with Gasteiger partial charge in [0.15, 0.2) is 0 Å². The first-order valence-electron chi connectivity index (χ1n) is 4.33. The van der Waals surface area contributed by atoms with Gasteiger partial charge < -0.3 is 16.2 Å². The molecule has 4 N–H and O–H groups in total. The van der Waals surface area contributed by atoms with E-state index >= 15 is 0 Å². The average molecular weight is 208 g/mol. The van der Waals surface area contributed by atoms with Crippen LogP contribution in [0.15, 0.2) is 12.1 Å². The summed E-state index contributed by atoms with van der Waals surface area (Å²) in [6.07, 6.45) is 0. The molecule has 80 valence electrons. The van der Waals surface area contributed by atoms with Crippen molar-refractivity contribution in [3.63, 3.8) is 0 Å². The van der Waals surface area contributed by atoms with E-state index < -0.39 is 12.0 Å². The zero-order valence-corrected chi connectivity index (χ0v) is 8.50. The highest BCUT2D eigenvalue weighted by Crippen LogP contribution is 2.22. The Labute approximate surface area is 86.9 Å². The second kappa shape index (κ2) is 4.00. The van der Waals surface area contributed by atoms with Crippen LogP contribution < -0.4 is 11.1 Å². The third-order valence-corrected chi connectivity index (χ3v) is 1.96. The molecule has 0 aromatic heterocycles. The number of carbonyl (C=O) groups excluding carboxylic acids is 1. The smallest absolute Gasteiger partial charge is 0.337 e. The van der Waals surface area contributed by atoms with Gasteiger partial charge in [0.1, 0.15) is 0 Å². The molecule has 0 heterocycles. The number of hydrogen-bond donors (Lipinski definition) is 3. The summed E-state index contributed by atoms with van der Waals surface area (Å²) >= 11 is 0. The Morgan fingerprint density at radius 1 is 1.33 bits per heavy atom. The van der Waals surface area contributed by atoms with Gasteiger partial charge in [-0.1, -0.05) is 6.07 Å². The van der Waals surface area contributed by atoms with E-state index in [4.69, 9.17) is 10.8 Å². The Morgan fingerprint density at radius 3 is 2.40 bits per heavy atom. The highest BCUT2D eigenvalue weighted by molar-refractivity contribution is 6.00. The number of rotatable bonds is 2. The van der Waals surface area contributed by atoms with Gasteiger partial charge in [0.05, 0.1) is 11.3 Å². The predicted molar refractivity (Wildman–Crippen MR) is 56.1 cm³/mol. The van der Waals surface area contributed by atoms with Crippen LogP contribution in [0.4, 0.5) is 10.5 Å². The van der Waals surface area contributed by atoms with Gasteiger partial charge in [0, 0.05) is 0 Å². The van der Waals surface area contributed by atoms with E-state index in [2.05, 4.69) is 5.32 Å². The molecule has 0 saturated carbocycles. The summed E-state index contributed by atoms with van der Waals surface area (Å²) in [7, 11) is 0. The lowest BCUT2D eigenvalue weighted by molar-refractivity contribution is 0.0698. The van der Waals surface area contributed by atoms with Crippen molar-refractivity contribution in [2.75, 3.05) is 5.32 Å². The molecule has 0 spiro atoms. The van der Waals surface area contributed by atoms with Crippen molar-refractivity contribution in [1.82, 2.24) is 0 Å². The van der Waals surface area contributed by atoms with Crippen molar-refractivity contribution >= 4 is 17.7 Å². The summed E-state index contributed by atoms with van der Waals surface area (Å²) in [6, 6.07) is 2.49. The fraction of sp³-hybridized carbons (Fsp3) is 0.200. The number of carboxylic acid groups (broad SMARTS) is 1. The zero-order valence-electron chi connectivity index (χ0n) is 8.50. The van der Waals surface area contributed by atoms with Crippen LogP contribution in [0.5, 0.6) is 0 Å². The number of nitrogens with one attached hydrogen (secondary N) is 1. The molecule has 0 aliphatic rings. The summed E-state index contributed by atoms with van der Waals surface area (Å²) in [5, 5.41) is 11.2. The van der Waals surface area contributed by atoms with E-state index in [-0.39, 0.29) is 11.3 Å². The molecule has 0 aliphatic carbocycles. The molecule has 2 amide bonds. The van der Waals surface area contributed by atoms with Crippen LogP contribution in [0.2, 0.25) is 0 Å². The van der Waals surface area contributed by atoms with E-state index in [9.17, 15) is 9.59 Å². The maximum absolute atomic E-state index is 10.9. The first kappa shape index (κ1) is 11.0. The quantitative estimate of drug-likeness (QED) is 0.687. The van der Waals surface area contributed by atoms with Crippen molar-refractivity contribution in [2.45, 2.75) is 13.8 Å². The van der Waals surface area contributed by atoms with Gasteiger partial charge in [-0.2, -0.15) is 0 Å². The number of aromatic carboxylic acids is 1. The van der Waals surface area contributed by atoms with Crippen LogP contribution in [-0.4, -0.2) is 17.1 Å². The second-order valence-corrected chi connectivity index (χ2v) is 3.30. The molecule has 5 heteroatoms. The predicted octanol–water partition coefficient (Wildman–Crippen LogP) is 1.49. The SMILES string of the molecule is Cc1cc(C)c(NC(N)=O)c(C(=O)O)c1. The minimum atomic E-state index is -1.09. The fourth-order valence-corrected chi connectivity index (χ4v) is 1.43. The topological polar surface area (TPSA) is 92.4 Å². The first-order valence-corrected chi connectivity index (χ1v) is 4.33. The van der Waals surface area contributed by atoms with E-state index in [1.165, 1.54) is 6.07 Å². The fourth-order valence-electron chi connectivity index (χ4n) is 1.43. The number of benzene rings is 1. The zero-order chi connectivity index (χ0) is 11.6. The van der Waals surface area contributed by atoms with Gasteiger partial charge in [-0.3, -0.25) is 0 Å². The normalized spacial score (nSPS) is 9.73. The van der Waals surface area contributed by atoms with Crippen molar-refractivity contribution < 1.29 is 14.7 Å². The second-order valence-electron chi connectivity index (χ2n) is 3.30. The molecule has 0 aliphatic heterocycles. The highest BCUT2D eigenvalue weighted by atomic mass is 16.4. The van der Waals surface area contributed by atoms with Crippen LogP contribution in [0.1, 0.15) is 21.5 Å². The number of aryl methyl sites for hydroxylation is 2. The molecule has 0 radical (unpaired) electrons. The first-order chi connectivity index (χ1) is 6.91. The van der Waals surface area contributed by atoms with Crippen LogP contribution in [-0.2, 0) is 0 Å². The maximum atomic E-state index is 10.9. The number of amides is 2. The van der Waals surface area contributed by atoms with E-state index in [0.717, 1.165) is 5.56 Å². The van der Waals surface area contributed by atoms with Crippen LogP contribution >= 0.6 is 0 Å². The minimum absolute atomic E-state index is 0.0475. The van der Waals surface area contributed by atoms with Crippen LogP contribution in [0.25, 0.3) is 0 Å². The largest absolute Gasteiger partial charge is 0.478 e.